The lowest BCUT2D eigenvalue weighted by atomic mass is 9.91. The Hall–Kier alpha value is -1.10. The van der Waals surface area contributed by atoms with Crippen molar-refractivity contribution in [3.63, 3.8) is 0 Å². The Balaban J connectivity index is 1.74. The molecular weight excluding hydrogens is 314 g/mol. The van der Waals surface area contributed by atoms with Gasteiger partial charge in [-0.15, -0.1) is 0 Å². The molecule has 144 valence electrons. The zero-order valence-corrected chi connectivity index (χ0v) is 16.8. The summed E-state index contributed by atoms with van der Waals surface area (Å²) in [6, 6.07) is 0.573. The van der Waals surface area contributed by atoms with Crippen LogP contribution >= 0.6 is 0 Å². The first-order chi connectivity index (χ1) is 11.7. The van der Waals surface area contributed by atoms with Gasteiger partial charge in [-0.05, 0) is 44.7 Å². The fraction of sp³-hybridized carbons (Fsp3) is 0.900. The smallest absolute Gasteiger partial charge is 0.227 e. The predicted molar refractivity (Wildman–Crippen MR) is 101 cm³/mol. The van der Waals surface area contributed by atoms with Crippen LogP contribution in [0.5, 0.6) is 0 Å². The summed E-state index contributed by atoms with van der Waals surface area (Å²) < 4.78 is 0. The molecule has 0 aliphatic carbocycles. The molecule has 2 amide bonds. The van der Waals surface area contributed by atoms with Crippen LogP contribution in [0.1, 0.15) is 60.3 Å². The molecule has 0 unspecified atom stereocenters. The number of hydrogen-bond donors (Lipinski definition) is 1. The van der Waals surface area contributed by atoms with E-state index < -0.39 is 0 Å². The first-order valence-corrected chi connectivity index (χ1v) is 9.99. The molecule has 0 saturated carbocycles. The molecule has 0 atom stereocenters. The minimum Gasteiger partial charge on any atom is -0.356 e. The van der Waals surface area contributed by atoms with Crippen molar-refractivity contribution in [3.8, 4) is 0 Å². The van der Waals surface area contributed by atoms with Crippen molar-refractivity contribution in [1.82, 2.24) is 15.1 Å². The number of nitrogens with zero attached hydrogens (tertiary/aromatic N) is 2. The molecule has 2 fully saturated rings. The number of carbonyl (C=O) groups is 2. The second-order valence-electron chi connectivity index (χ2n) is 9.22. The van der Waals surface area contributed by atoms with Gasteiger partial charge in [0, 0.05) is 37.0 Å². The predicted octanol–water partition coefficient (Wildman–Crippen LogP) is 2.51. The molecule has 0 bridgehead atoms. The first-order valence-electron chi connectivity index (χ1n) is 9.99. The highest BCUT2D eigenvalue weighted by molar-refractivity contribution is 5.81. The van der Waals surface area contributed by atoms with Gasteiger partial charge in [-0.2, -0.15) is 0 Å². The van der Waals surface area contributed by atoms with Crippen molar-refractivity contribution < 1.29 is 9.59 Å². The lowest BCUT2D eigenvalue weighted by Crippen LogP contribution is -2.51. The second kappa shape index (κ2) is 8.52. The Morgan fingerprint density at radius 3 is 2.04 bits per heavy atom. The maximum atomic E-state index is 12.4. The molecule has 2 heterocycles. The van der Waals surface area contributed by atoms with Crippen LogP contribution in [0.3, 0.4) is 0 Å². The van der Waals surface area contributed by atoms with Gasteiger partial charge in [0.05, 0.1) is 0 Å². The summed E-state index contributed by atoms with van der Waals surface area (Å²) >= 11 is 0. The van der Waals surface area contributed by atoms with E-state index in [0.717, 1.165) is 58.4 Å². The Morgan fingerprint density at radius 2 is 1.56 bits per heavy atom. The molecule has 2 aliphatic rings. The van der Waals surface area contributed by atoms with Crippen LogP contribution in [0.15, 0.2) is 0 Å². The number of piperidine rings is 2. The molecule has 5 nitrogen and oxygen atoms in total. The van der Waals surface area contributed by atoms with E-state index in [1.54, 1.807) is 0 Å². The molecule has 0 aromatic rings. The molecule has 2 saturated heterocycles. The van der Waals surface area contributed by atoms with Gasteiger partial charge in [-0.3, -0.25) is 9.59 Å². The lowest BCUT2D eigenvalue weighted by molar-refractivity contribution is -0.141. The average Bonchev–Trinajstić information content (AvgIpc) is 2.58. The lowest BCUT2D eigenvalue weighted by Gasteiger charge is -2.42. The molecule has 0 aromatic carbocycles. The Bertz CT molecular complexity index is 454. The molecule has 5 heteroatoms. The third-order valence-corrected chi connectivity index (χ3v) is 5.49. The third-order valence-electron chi connectivity index (χ3n) is 5.49. The fourth-order valence-electron chi connectivity index (χ4n) is 3.88. The summed E-state index contributed by atoms with van der Waals surface area (Å²) in [6.45, 7) is 14.8. The Labute approximate surface area is 153 Å². The molecule has 25 heavy (non-hydrogen) atoms. The van der Waals surface area contributed by atoms with Gasteiger partial charge >= 0.3 is 0 Å². The monoisotopic (exact) mass is 351 g/mol. The van der Waals surface area contributed by atoms with Gasteiger partial charge in [-0.25, -0.2) is 0 Å². The highest BCUT2D eigenvalue weighted by atomic mass is 16.2. The normalized spacial score (nSPS) is 21.6. The maximum Gasteiger partial charge on any atom is 0.227 e. The molecule has 2 aliphatic heterocycles. The van der Waals surface area contributed by atoms with E-state index in [-0.39, 0.29) is 23.1 Å². The zero-order chi connectivity index (χ0) is 18.6. The highest BCUT2D eigenvalue weighted by Gasteiger charge is 2.34. The van der Waals surface area contributed by atoms with Crippen LogP contribution in [-0.2, 0) is 9.59 Å². The number of amides is 2. The van der Waals surface area contributed by atoms with Crippen LogP contribution in [0, 0.1) is 17.3 Å². The number of carbonyl (C=O) groups excluding carboxylic acids is 2. The molecule has 1 N–H and O–H groups in total. The Kier molecular flexibility index (Phi) is 6.89. The summed E-state index contributed by atoms with van der Waals surface area (Å²) in [5.41, 5.74) is -0.283. The van der Waals surface area contributed by atoms with E-state index in [2.05, 4.69) is 24.1 Å². The van der Waals surface area contributed by atoms with Crippen LogP contribution in [0.25, 0.3) is 0 Å². The van der Waals surface area contributed by atoms with Gasteiger partial charge in [0.1, 0.15) is 0 Å². The van der Waals surface area contributed by atoms with E-state index in [1.807, 2.05) is 25.7 Å². The minimum absolute atomic E-state index is 0.178. The van der Waals surface area contributed by atoms with Gasteiger partial charge < -0.3 is 15.1 Å². The summed E-state index contributed by atoms with van der Waals surface area (Å²) in [6.07, 6.45) is 4.05. The summed E-state index contributed by atoms with van der Waals surface area (Å²) in [7, 11) is 0. The van der Waals surface area contributed by atoms with Crippen LogP contribution < -0.4 is 5.32 Å². The molecular formula is C20H37N3O2. The molecule has 2 rings (SSSR count). The van der Waals surface area contributed by atoms with E-state index in [1.165, 1.54) is 0 Å². The fourth-order valence-corrected chi connectivity index (χ4v) is 3.88. The van der Waals surface area contributed by atoms with Gasteiger partial charge in [0.15, 0.2) is 0 Å². The number of nitrogens with one attached hydrogen (secondary N) is 1. The van der Waals surface area contributed by atoms with Crippen molar-refractivity contribution in [3.05, 3.63) is 0 Å². The highest BCUT2D eigenvalue weighted by Crippen LogP contribution is 2.26. The quantitative estimate of drug-likeness (QED) is 0.847. The average molecular weight is 352 g/mol. The molecule has 0 radical (unpaired) electrons. The van der Waals surface area contributed by atoms with E-state index >= 15 is 0 Å². The largest absolute Gasteiger partial charge is 0.356 e. The van der Waals surface area contributed by atoms with Crippen molar-refractivity contribution in [2.45, 2.75) is 66.3 Å². The maximum absolute atomic E-state index is 12.4. The topological polar surface area (TPSA) is 52.7 Å². The SMILES string of the molecule is CC(C)CNC(=O)C1CCN(C2CCN(C(=O)C(C)(C)C)CC2)CC1. The zero-order valence-electron chi connectivity index (χ0n) is 16.8. The van der Waals surface area contributed by atoms with Crippen LogP contribution in [-0.4, -0.2) is 60.4 Å². The van der Waals surface area contributed by atoms with Crippen molar-refractivity contribution in [2.75, 3.05) is 32.7 Å². The summed E-state index contributed by atoms with van der Waals surface area (Å²) in [5.74, 6) is 1.19. The van der Waals surface area contributed by atoms with Crippen molar-refractivity contribution in [1.29, 1.82) is 0 Å². The van der Waals surface area contributed by atoms with Gasteiger partial charge in [-0.1, -0.05) is 34.6 Å². The van der Waals surface area contributed by atoms with Crippen molar-refractivity contribution in [2.24, 2.45) is 17.3 Å². The van der Waals surface area contributed by atoms with Crippen molar-refractivity contribution >= 4 is 11.8 Å². The van der Waals surface area contributed by atoms with Gasteiger partial charge in [0.2, 0.25) is 11.8 Å². The standard InChI is InChI=1S/C20H37N3O2/c1-15(2)14-21-18(24)16-6-10-22(11-7-16)17-8-12-23(13-9-17)19(25)20(3,4)5/h15-17H,6-14H2,1-5H3,(H,21,24). The number of likely N-dealkylation sites (tertiary alicyclic amines) is 2. The molecule has 0 aromatic heterocycles. The number of hydrogen-bond acceptors (Lipinski definition) is 3. The molecule has 0 spiro atoms. The second-order valence-corrected chi connectivity index (χ2v) is 9.22. The third kappa shape index (κ3) is 5.70. The van der Waals surface area contributed by atoms with Crippen LogP contribution in [0.4, 0.5) is 0 Å². The minimum atomic E-state index is -0.283. The van der Waals surface area contributed by atoms with Gasteiger partial charge in [0.25, 0.3) is 0 Å². The first kappa shape index (κ1) is 20.2. The summed E-state index contributed by atoms with van der Waals surface area (Å²) in [5, 5.41) is 3.08. The van der Waals surface area contributed by atoms with E-state index in [0.29, 0.717) is 12.0 Å². The van der Waals surface area contributed by atoms with Crippen LogP contribution in [0.2, 0.25) is 0 Å². The van der Waals surface area contributed by atoms with E-state index in [9.17, 15) is 9.59 Å². The van der Waals surface area contributed by atoms with E-state index in [4.69, 9.17) is 0 Å². The Morgan fingerprint density at radius 1 is 1.00 bits per heavy atom. The summed E-state index contributed by atoms with van der Waals surface area (Å²) in [4.78, 5) is 29.2. The number of rotatable bonds is 4.